The Hall–Kier alpha value is -1.62. The van der Waals surface area contributed by atoms with Crippen molar-refractivity contribution >= 4 is 23.1 Å². The number of carbonyl (C=O) groups excluding carboxylic acids is 1. The molecule has 1 aromatic rings. The Bertz CT molecular complexity index is 460. The predicted octanol–water partition coefficient (Wildman–Crippen LogP) is 1.45. The summed E-state index contributed by atoms with van der Waals surface area (Å²) in [5.74, 6) is -0.334. The lowest BCUT2D eigenvalue weighted by atomic mass is 10.1. The highest BCUT2D eigenvalue weighted by molar-refractivity contribution is 7.80. The standard InChI is InChI=1S/C12H16N2O2S/c1-7-4-5-9(10(15)6-7)12(16)14(3)8(2)11(13)17/h4-6,8,15H,1-3H3,(H2,13,17). The van der Waals surface area contributed by atoms with Crippen LogP contribution in [0.3, 0.4) is 0 Å². The number of benzene rings is 1. The van der Waals surface area contributed by atoms with E-state index in [1.165, 1.54) is 4.90 Å². The van der Waals surface area contributed by atoms with Crippen LogP contribution in [0, 0.1) is 6.92 Å². The first-order valence-corrected chi connectivity index (χ1v) is 5.61. The number of nitrogens with two attached hydrogens (primary N) is 1. The predicted molar refractivity (Wildman–Crippen MR) is 71.2 cm³/mol. The number of phenols is 1. The van der Waals surface area contributed by atoms with E-state index in [1.807, 2.05) is 6.92 Å². The topological polar surface area (TPSA) is 66.6 Å². The van der Waals surface area contributed by atoms with Gasteiger partial charge in [-0.15, -0.1) is 0 Å². The number of carbonyl (C=O) groups is 1. The fourth-order valence-electron chi connectivity index (χ4n) is 1.38. The summed E-state index contributed by atoms with van der Waals surface area (Å²) >= 11 is 4.84. The van der Waals surface area contributed by atoms with E-state index in [0.29, 0.717) is 0 Å². The maximum Gasteiger partial charge on any atom is 0.257 e. The smallest absolute Gasteiger partial charge is 0.257 e. The summed E-state index contributed by atoms with van der Waals surface area (Å²) in [5.41, 5.74) is 6.63. The van der Waals surface area contributed by atoms with Crippen LogP contribution in [0.4, 0.5) is 0 Å². The third kappa shape index (κ3) is 2.94. The summed E-state index contributed by atoms with van der Waals surface area (Å²) in [6, 6.07) is 4.56. The van der Waals surface area contributed by atoms with E-state index in [4.69, 9.17) is 18.0 Å². The lowest BCUT2D eigenvalue weighted by molar-refractivity contribution is 0.0776. The largest absolute Gasteiger partial charge is 0.507 e. The average Bonchev–Trinajstić information content (AvgIpc) is 2.26. The van der Waals surface area contributed by atoms with E-state index < -0.39 is 0 Å². The van der Waals surface area contributed by atoms with Crippen LogP contribution in [0.2, 0.25) is 0 Å². The van der Waals surface area contributed by atoms with Crippen molar-refractivity contribution in [1.29, 1.82) is 0 Å². The zero-order valence-corrected chi connectivity index (χ0v) is 10.9. The Morgan fingerprint density at radius 1 is 1.53 bits per heavy atom. The zero-order valence-electron chi connectivity index (χ0n) is 10.1. The molecule has 3 N–H and O–H groups in total. The molecular weight excluding hydrogens is 236 g/mol. The molecule has 1 amide bonds. The minimum Gasteiger partial charge on any atom is -0.507 e. The summed E-state index contributed by atoms with van der Waals surface area (Å²) in [6.45, 7) is 3.58. The normalized spacial score (nSPS) is 11.9. The van der Waals surface area contributed by atoms with Gasteiger partial charge in [-0.3, -0.25) is 4.79 Å². The Balaban J connectivity index is 3.00. The molecule has 0 heterocycles. The van der Waals surface area contributed by atoms with Gasteiger partial charge in [-0.2, -0.15) is 0 Å². The van der Waals surface area contributed by atoms with Crippen molar-refractivity contribution in [3.8, 4) is 5.75 Å². The van der Waals surface area contributed by atoms with E-state index in [9.17, 15) is 9.90 Å². The summed E-state index contributed by atoms with van der Waals surface area (Å²) in [5, 5.41) is 9.72. The van der Waals surface area contributed by atoms with Crippen molar-refractivity contribution in [1.82, 2.24) is 4.90 Å². The number of aryl methyl sites for hydroxylation is 1. The SMILES string of the molecule is Cc1ccc(C(=O)N(C)C(C)C(N)=S)c(O)c1. The molecule has 1 atom stereocenters. The molecule has 0 aliphatic rings. The third-order valence-corrected chi connectivity index (χ3v) is 3.04. The average molecular weight is 252 g/mol. The fourth-order valence-corrected chi connectivity index (χ4v) is 1.54. The van der Waals surface area contributed by atoms with Crippen molar-refractivity contribution in [2.24, 2.45) is 5.73 Å². The Kier molecular flexibility index (Phi) is 4.07. The minimum absolute atomic E-state index is 0.0306. The maximum absolute atomic E-state index is 12.1. The van der Waals surface area contributed by atoms with Gasteiger partial charge in [0, 0.05) is 7.05 Å². The van der Waals surface area contributed by atoms with Gasteiger partial charge in [0.2, 0.25) is 0 Å². The molecule has 0 spiro atoms. The molecule has 17 heavy (non-hydrogen) atoms. The summed E-state index contributed by atoms with van der Waals surface area (Å²) in [7, 11) is 1.60. The second-order valence-electron chi connectivity index (χ2n) is 4.02. The van der Waals surface area contributed by atoms with Crippen LogP contribution in [-0.2, 0) is 0 Å². The van der Waals surface area contributed by atoms with Gasteiger partial charge in [0.15, 0.2) is 0 Å². The molecule has 0 fully saturated rings. The van der Waals surface area contributed by atoms with Crippen LogP contribution in [-0.4, -0.2) is 34.0 Å². The van der Waals surface area contributed by atoms with Crippen LogP contribution in [0.1, 0.15) is 22.8 Å². The number of hydrogen-bond donors (Lipinski definition) is 2. The number of rotatable bonds is 3. The van der Waals surface area contributed by atoms with Gasteiger partial charge in [0.25, 0.3) is 5.91 Å². The Morgan fingerprint density at radius 2 is 2.12 bits per heavy atom. The molecule has 0 bridgehead atoms. The van der Waals surface area contributed by atoms with Crippen LogP contribution >= 0.6 is 12.2 Å². The van der Waals surface area contributed by atoms with Gasteiger partial charge < -0.3 is 15.7 Å². The number of hydrogen-bond acceptors (Lipinski definition) is 3. The maximum atomic E-state index is 12.1. The van der Waals surface area contributed by atoms with Crippen molar-refractivity contribution < 1.29 is 9.90 Å². The second kappa shape index (κ2) is 5.14. The highest BCUT2D eigenvalue weighted by atomic mass is 32.1. The summed E-state index contributed by atoms with van der Waals surface area (Å²) in [4.78, 5) is 13.7. The van der Waals surface area contributed by atoms with Crippen LogP contribution in [0.5, 0.6) is 5.75 Å². The molecule has 4 nitrogen and oxygen atoms in total. The van der Waals surface area contributed by atoms with Gasteiger partial charge in [-0.25, -0.2) is 0 Å². The van der Waals surface area contributed by atoms with Crippen LogP contribution in [0.25, 0.3) is 0 Å². The first-order chi connectivity index (χ1) is 7.84. The molecule has 92 valence electrons. The van der Waals surface area contributed by atoms with Gasteiger partial charge in [-0.1, -0.05) is 18.3 Å². The number of aromatic hydroxyl groups is 1. The third-order valence-electron chi connectivity index (χ3n) is 2.70. The summed E-state index contributed by atoms with van der Waals surface area (Å²) in [6.07, 6.45) is 0. The molecule has 1 rings (SSSR count). The van der Waals surface area contributed by atoms with Gasteiger partial charge in [-0.05, 0) is 31.5 Å². The van der Waals surface area contributed by atoms with Crippen molar-refractivity contribution in [2.75, 3.05) is 7.05 Å². The molecular formula is C12H16N2O2S. The monoisotopic (exact) mass is 252 g/mol. The number of phenolic OH excluding ortho intramolecular Hbond substituents is 1. The first-order valence-electron chi connectivity index (χ1n) is 5.20. The molecule has 5 heteroatoms. The fraction of sp³-hybridized carbons (Fsp3) is 0.333. The van der Waals surface area contributed by atoms with Crippen molar-refractivity contribution in [2.45, 2.75) is 19.9 Å². The van der Waals surface area contributed by atoms with Gasteiger partial charge in [0.1, 0.15) is 5.75 Å². The van der Waals surface area contributed by atoms with E-state index in [2.05, 4.69) is 0 Å². The molecule has 0 aromatic heterocycles. The van der Waals surface area contributed by atoms with E-state index in [-0.39, 0.29) is 28.3 Å². The molecule has 0 saturated heterocycles. The number of amides is 1. The van der Waals surface area contributed by atoms with E-state index in [1.54, 1.807) is 32.2 Å². The molecule has 0 saturated carbocycles. The Morgan fingerprint density at radius 3 is 2.59 bits per heavy atom. The molecule has 1 aromatic carbocycles. The van der Waals surface area contributed by atoms with E-state index in [0.717, 1.165) is 5.56 Å². The summed E-state index contributed by atoms with van der Waals surface area (Å²) < 4.78 is 0. The first kappa shape index (κ1) is 13.4. The number of likely N-dealkylation sites (N-methyl/N-ethyl adjacent to an activating group) is 1. The lowest BCUT2D eigenvalue weighted by Crippen LogP contribution is -2.42. The number of thiocarbonyl (C=S) groups is 1. The van der Waals surface area contributed by atoms with Crippen molar-refractivity contribution in [3.05, 3.63) is 29.3 Å². The van der Waals surface area contributed by atoms with E-state index >= 15 is 0 Å². The molecule has 1 unspecified atom stereocenters. The highest BCUT2D eigenvalue weighted by Crippen LogP contribution is 2.20. The zero-order chi connectivity index (χ0) is 13.2. The Labute approximate surface area is 106 Å². The molecule has 0 radical (unpaired) electrons. The second-order valence-corrected chi connectivity index (χ2v) is 4.49. The minimum atomic E-state index is -0.349. The highest BCUT2D eigenvalue weighted by Gasteiger charge is 2.21. The number of nitrogens with zero attached hydrogens (tertiary/aromatic N) is 1. The van der Waals surface area contributed by atoms with Crippen molar-refractivity contribution in [3.63, 3.8) is 0 Å². The lowest BCUT2D eigenvalue weighted by Gasteiger charge is -2.24. The quantitative estimate of drug-likeness (QED) is 0.799. The molecule has 0 aliphatic heterocycles. The molecule has 0 aliphatic carbocycles. The van der Waals surface area contributed by atoms with Crippen LogP contribution < -0.4 is 5.73 Å². The van der Waals surface area contributed by atoms with Gasteiger partial charge >= 0.3 is 0 Å². The van der Waals surface area contributed by atoms with Crippen LogP contribution in [0.15, 0.2) is 18.2 Å². The van der Waals surface area contributed by atoms with Gasteiger partial charge in [0.05, 0.1) is 16.6 Å².